The Hall–Kier alpha value is 0.170. The van der Waals surface area contributed by atoms with Crippen LogP contribution in [0.15, 0.2) is 0 Å². The van der Waals surface area contributed by atoms with E-state index in [0.29, 0.717) is 5.25 Å². The lowest BCUT2D eigenvalue weighted by molar-refractivity contribution is 0.265. The van der Waals surface area contributed by atoms with Crippen LogP contribution >= 0.6 is 24.6 Å². The third-order valence-corrected chi connectivity index (χ3v) is 3.24. The minimum atomic E-state index is -0.236. The molecule has 0 unspecified atom stereocenters. The van der Waals surface area contributed by atoms with Gasteiger partial charge < -0.3 is 0 Å². The van der Waals surface area contributed by atoms with E-state index in [0.717, 1.165) is 0 Å². The molecule has 1 saturated carbocycles. The van der Waals surface area contributed by atoms with Gasteiger partial charge in [0.05, 0.1) is 0 Å². The number of hydrogen-bond donors (Lipinski definition) is 2. The number of carbonyl (C=O) groups is 1. The summed E-state index contributed by atoms with van der Waals surface area (Å²) < 4.78 is 2.66. The van der Waals surface area contributed by atoms with Crippen LogP contribution in [0.4, 0.5) is 4.79 Å². The summed E-state index contributed by atoms with van der Waals surface area (Å²) in [5.41, 5.74) is 0. The number of thiol groups is 1. The smallest absolute Gasteiger partial charge is 0.285 e. The van der Waals surface area contributed by atoms with Crippen LogP contribution in [0.5, 0.6) is 0 Å². The molecule has 0 saturated heterocycles. The van der Waals surface area contributed by atoms with Gasteiger partial charge in [0.1, 0.15) is 0 Å². The molecule has 2 nitrogen and oxygen atoms in total. The van der Waals surface area contributed by atoms with Gasteiger partial charge in [-0.25, -0.2) is 0 Å². The second-order valence-electron chi connectivity index (χ2n) is 2.79. The Labute approximate surface area is 77.0 Å². The van der Waals surface area contributed by atoms with Crippen molar-refractivity contribution in [2.24, 2.45) is 0 Å². The molecule has 0 radical (unpaired) electrons. The predicted molar refractivity (Wildman–Crippen MR) is 52.0 cm³/mol. The van der Waals surface area contributed by atoms with Crippen molar-refractivity contribution >= 4 is 29.8 Å². The minimum absolute atomic E-state index is 0.236. The molecule has 0 atom stereocenters. The Balaban J connectivity index is 2.09. The number of hydrogen-bond acceptors (Lipinski definition) is 2. The van der Waals surface area contributed by atoms with E-state index < -0.39 is 0 Å². The van der Waals surface area contributed by atoms with Gasteiger partial charge in [0.15, 0.2) is 0 Å². The van der Waals surface area contributed by atoms with Gasteiger partial charge >= 0.3 is 0 Å². The fourth-order valence-corrected chi connectivity index (χ4v) is 2.31. The molecule has 0 aromatic carbocycles. The van der Waals surface area contributed by atoms with E-state index in [1.54, 1.807) is 0 Å². The first-order chi connectivity index (χ1) is 5.29. The van der Waals surface area contributed by atoms with E-state index in [1.807, 2.05) is 0 Å². The fourth-order valence-electron chi connectivity index (χ4n) is 1.32. The van der Waals surface area contributed by atoms with Gasteiger partial charge in [-0.3, -0.25) is 9.52 Å². The summed E-state index contributed by atoms with van der Waals surface area (Å²) in [5, 5.41) is 0.389. The van der Waals surface area contributed by atoms with Crippen LogP contribution in [0.3, 0.4) is 0 Å². The van der Waals surface area contributed by atoms with E-state index >= 15 is 0 Å². The maximum atomic E-state index is 10.4. The molecule has 4 heteroatoms. The Morgan fingerprint density at radius 2 is 2.00 bits per heavy atom. The summed E-state index contributed by atoms with van der Waals surface area (Å²) in [6.07, 6.45) is 6.43. The maximum Gasteiger partial charge on any atom is 0.285 e. The van der Waals surface area contributed by atoms with Crippen molar-refractivity contribution in [3.63, 3.8) is 0 Å². The van der Waals surface area contributed by atoms with Crippen LogP contribution in [0, 0.1) is 0 Å². The second-order valence-corrected chi connectivity index (χ2v) is 4.30. The van der Waals surface area contributed by atoms with Gasteiger partial charge in [-0.05, 0) is 24.8 Å². The van der Waals surface area contributed by atoms with Crippen molar-refractivity contribution in [3.8, 4) is 0 Å². The fraction of sp³-hybridized carbons (Fsp3) is 0.857. The van der Waals surface area contributed by atoms with Crippen LogP contribution in [-0.2, 0) is 0 Å². The standard InChI is InChI=1S/C7H13NOS2/c9-7(10)8-11-6-4-2-1-3-5-6/h6H,1-5H2,(H2,8,9,10). The van der Waals surface area contributed by atoms with Crippen molar-refractivity contribution < 1.29 is 4.79 Å². The average Bonchev–Trinajstić information content (AvgIpc) is 2.03. The van der Waals surface area contributed by atoms with Gasteiger partial charge in [0, 0.05) is 5.25 Å². The van der Waals surface area contributed by atoms with Gasteiger partial charge in [-0.15, -0.1) is 0 Å². The zero-order valence-electron chi connectivity index (χ0n) is 6.38. The van der Waals surface area contributed by atoms with Gasteiger partial charge in [-0.1, -0.05) is 31.9 Å². The summed E-state index contributed by atoms with van der Waals surface area (Å²) in [6, 6.07) is 0. The van der Waals surface area contributed by atoms with Crippen LogP contribution in [0.2, 0.25) is 0 Å². The molecule has 1 rings (SSSR count). The summed E-state index contributed by atoms with van der Waals surface area (Å²) in [5.74, 6) is 0. The summed E-state index contributed by atoms with van der Waals surface area (Å²) in [7, 11) is 0. The highest BCUT2D eigenvalue weighted by Crippen LogP contribution is 2.26. The lowest BCUT2D eigenvalue weighted by Gasteiger charge is -2.19. The molecule has 0 heterocycles. The highest BCUT2D eigenvalue weighted by Gasteiger charge is 2.13. The third-order valence-electron chi connectivity index (χ3n) is 1.87. The number of amides is 1. The van der Waals surface area contributed by atoms with E-state index in [1.165, 1.54) is 44.1 Å². The quantitative estimate of drug-likeness (QED) is 0.519. The Bertz CT molecular complexity index is 134. The van der Waals surface area contributed by atoms with Crippen molar-refractivity contribution in [2.45, 2.75) is 37.4 Å². The Kier molecular flexibility index (Phi) is 4.15. The van der Waals surface area contributed by atoms with Gasteiger partial charge in [0.2, 0.25) is 0 Å². The van der Waals surface area contributed by atoms with E-state index in [4.69, 9.17) is 0 Å². The van der Waals surface area contributed by atoms with Crippen LogP contribution in [0.25, 0.3) is 0 Å². The molecular formula is C7H13NOS2. The zero-order chi connectivity index (χ0) is 8.10. The second kappa shape index (κ2) is 4.93. The number of carbonyl (C=O) groups excluding carboxylic acids is 1. The van der Waals surface area contributed by atoms with Crippen LogP contribution < -0.4 is 4.72 Å². The summed E-state index contributed by atoms with van der Waals surface area (Å²) in [4.78, 5) is 10.4. The molecule has 0 aromatic rings. The van der Waals surface area contributed by atoms with Crippen molar-refractivity contribution in [1.82, 2.24) is 4.72 Å². The number of nitrogens with one attached hydrogen (secondary N) is 1. The molecule has 0 bridgehead atoms. The van der Waals surface area contributed by atoms with Crippen LogP contribution in [0.1, 0.15) is 32.1 Å². The third kappa shape index (κ3) is 3.91. The highest BCUT2D eigenvalue weighted by atomic mass is 32.2. The molecule has 0 spiro atoms. The molecule has 64 valence electrons. The molecule has 11 heavy (non-hydrogen) atoms. The molecule has 1 amide bonds. The van der Waals surface area contributed by atoms with Gasteiger partial charge in [0.25, 0.3) is 5.24 Å². The molecule has 1 N–H and O–H groups in total. The molecule has 0 aliphatic heterocycles. The Morgan fingerprint density at radius 1 is 1.36 bits per heavy atom. The minimum Gasteiger partial charge on any atom is -0.291 e. The molecule has 1 aliphatic rings. The molecule has 1 fully saturated rings. The lowest BCUT2D eigenvalue weighted by atomic mass is 10.0. The van der Waals surface area contributed by atoms with E-state index in [-0.39, 0.29) is 5.24 Å². The van der Waals surface area contributed by atoms with Gasteiger partial charge in [-0.2, -0.15) is 0 Å². The first-order valence-corrected chi connectivity index (χ1v) is 5.26. The zero-order valence-corrected chi connectivity index (χ0v) is 8.09. The monoisotopic (exact) mass is 191 g/mol. The van der Waals surface area contributed by atoms with Crippen molar-refractivity contribution in [3.05, 3.63) is 0 Å². The van der Waals surface area contributed by atoms with E-state index in [9.17, 15) is 4.79 Å². The Morgan fingerprint density at radius 3 is 2.55 bits per heavy atom. The largest absolute Gasteiger partial charge is 0.291 e. The van der Waals surface area contributed by atoms with Crippen molar-refractivity contribution in [2.75, 3.05) is 0 Å². The number of rotatable bonds is 2. The maximum absolute atomic E-state index is 10.4. The lowest BCUT2D eigenvalue weighted by Crippen LogP contribution is -2.16. The van der Waals surface area contributed by atoms with Crippen LogP contribution in [-0.4, -0.2) is 10.5 Å². The first-order valence-electron chi connectivity index (χ1n) is 3.93. The first kappa shape index (κ1) is 9.26. The molecular weight excluding hydrogens is 178 g/mol. The molecule has 0 aromatic heterocycles. The topological polar surface area (TPSA) is 29.1 Å². The highest BCUT2D eigenvalue weighted by molar-refractivity contribution is 8.03. The normalized spacial score (nSPS) is 19.7. The predicted octanol–water partition coefficient (Wildman–Crippen LogP) is 2.61. The SMILES string of the molecule is O=C(S)NSC1CCCCC1. The summed E-state index contributed by atoms with van der Waals surface area (Å²) >= 11 is 5.16. The van der Waals surface area contributed by atoms with E-state index in [2.05, 4.69) is 17.4 Å². The van der Waals surface area contributed by atoms with Crippen molar-refractivity contribution in [1.29, 1.82) is 0 Å². The average molecular weight is 191 g/mol. The summed E-state index contributed by atoms with van der Waals surface area (Å²) in [6.45, 7) is 0. The molecule has 1 aliphatic carbocycles.